The summed E-state index contributed by atoms with van der Waals surface area (Å²) < 4.78 is 0. The van der Waals surface area contributed by atoms with Crippen LogP contribution in [0.1, 0.15) is 32.3 Å². The first-order valence-corrected chi connectivity index (χ1v) is 11.8. The van der Waals surface area contributed by atoms with Gasteiger partial charge in [-0.25, -0.2) is 0 Å². The van der Waals surface area contributed by atoms with Crippen molar-refractivity contribution in [3.8, 4) is 0 Å². The number of piperazine rings is 1. The molecule has 3 rings (SSSR count). The van der Waals surface area contributed by atoms with E-state index in [2.05, 4.69) is 76.6 Å². The molecule has 2 fully saturated rings. The maximum Gasteiger partial charge on any atom is 0.191 e. The van der Waals surface area contributed by atoms with E-state index in [1.165, 1.54) is 44.6 Å². The number of hydrogen-bond acceptors (Lipinski definition) is 4. The number of guanidine groups is 1. The van der Waals surface area contributed by atoms with E-state index in [9.17, 15) is 0 Å². The van der Waals surface area contributed by atoms with E-state index in [-0.39, 0.29) is 0 Å². The van der Waals surface area contributed by atoms with Gasteiger partial charge >= 0.3 is 0 Å². The van der Waals surface area contributed by atoms with E-state index in [0.29, 0.717) is 12.0 Å². The quantitative estimate of drug-likeness (QED) is 0.504. The molecular weight excluding hydrogens is 372 g/mol. The van der Waals surface area contributed by atoms with Crippen molar-refractivity contribution in [2.45, 2.75) is 39.3 Å². The Morgan fingerprint density at radius 2 is 1.73 bits per heavy atom. The Morgan fingerprint density at radius 3 is 2.40 bits per heavy atom. The van der Waals surface area contributed by atoms with Gasteiger partial charge in [-0.2, -0.15) is 0 Å². The molecule has 2 aliphatic rings. The van der Waals surface area contributed by atoms with Gasteiger partial charge in [-0.15, -0.1) is 0 Å². The van der Waals surface area contributed by atoms with Crippen LogP contribution in [0.3, 0.4) is 0 Å². The van der Waals surface area contributed by atoms with Crippen molar-refractivity contribution in [1.82, 2.24) is 25.3 Å². The summed E-state index contributed by atoms with van der Waals surface area (Å²) in [6.45, 7) is 15.5. The summed E-state index contributed by atoms with van der Waals surface area (Å²) in [5, 5.41) is 7.15. The van der Waals surface area contributed by atoms with Crippen LogP contribution >= 0.6 is 0 Å². The second kappa shape index (κ2) is 12.3. The van der Waals surface area contributed by atoms with Crippen LogP contribution in [-0.4, -0.2) is 92.7 Å². The first-order valence-electron chi connectivity index (χ1n) is 11.8. The number of likely N-dealkylation sites (N-methyl/N-ethyl adjacent to an activating group) is 1. The molecule has 0 saturated carbocycles. The molecule has 0 spiro atoms. The molecule has 0 aromatic heterocycles. The Hall–Kier alpha value is -1.63. The number of hydrogen-bond donors (Lipinski definition) is 2. The largest absolute Gasteiger partial charge is 0.357 e. The third-order valence-corrected chi connectivity index (χ3v) is 6.25. The monoisotopic (exact) mass is 414 g/mol. The molecular formula is C24H42N6. The molecule has 168 valence electrons. The highest BCUT2D eigenvalue weighted by molar-refractivity contribution is 5.80. The maximum atomic E-state index is 4.92. The zero-order chi connectivity index (χ0) is 21.2. The fourth-order valence-electron chi connectivity index (χ4n) is 4.37. The second-order valence-electron chi connectivity index (χ2n) is 9.11. The smallest absolute Gasteiger partial charge is 0.191 e. The Balaban J connectivity index is 1.40. The van der Waals surface area contributed by atoms with E-state index >= 15 is 0 Å². The highest BCUT2D eigenvalue weighted by atomic mass is 15.2. The van der Waals surface area contributed by atoms with Crippen molar-refractivity contribution in [3.63, 3.8) is 0 Å². The number of piperidine rings is 1. The van der Waals surface area contributed by atoms with Crippen LogP contribution in [0.2, 0.25) is 0 Å². The van der Waals surface area contributed by atoms with Gasteiger partial charge in [0.05, 0.1) is 0 Å². The summed E-state index contributed by atoms with van der Waals surface area (Å²) in [4.78, 5) is 12.5. The lowest BCUT2D eigenvalue weighted by atomic mass is 10.0. The lowest BCUT2D eigenvalue weighted by Crippen LogP contribution is -2.49. The van der Waals surface area contributed by atoms with Gasteiger partial charge in [-0.1, -0.05) is 37.3 Å². The highest BCUT2D eigenvalue weighted by Gasteiger charge is 2.20. The average molecular weight is 415 g/mol. The van der Waals surface area contributed by atoms with Crippen molar-refractivity contribution < 1.29 is 0 Å². The number of aliphatic imine (C=N–C) groups is 1. The van der Waals surface area contributed by atoms with Crippen LogP contribution in [0.25, 0.3) is 0 Å². The van der Waals surface area contributed by atoms with Crippen molar-refractivity contribution in [3.05, 3.63) is 35.9 Å². The number of rotatable bonds is 8. The van der Waals surface area contributed by atoms with E-state index in [0.717, 1.165) is 45.2 Å². The highest BCUT2D eigenvalue weighted by Crippen LogP contribution is 2.14. The summed E-state index contributed by atoms with van der Waals surface area (Å²) in [5.74, 6) is 1.57. The Kier molecular flexibility index (Phi) is 9.43. The van der Waals surface area contributed by atoms with Gasteiger partial charge in [0.2, 0.25) is 0 Å². The molecule has 2 heterocycles. The van der Waals surface area contributed by atoms with Crippen LogP contribution in [-0.2, 0) is 6.54 Å². The Morgan fingerprint density at radius 1 is 1.03 bits per heavy atom. The van der Waals surface area contributed by atoms with Gasteiger partial charge in [-0.05, 0) is 38.3 Å². The van der Waals surface area contributed by atoms with E-state index in [1.54, 1.807) is 0 Å². The molecule has 2 N–H and O–H groups in total. The fraction of sp³-hybridized carbons (Fsp3) is 0.708. The maximum absolute atomic E-state index is 4.92. The minimum absolute atomic E-state index is 0.516. The van der Waals surface area contributed by atoms with Crippen LogP contribution in [0.5, 0.6) is 0 Å². The van der Waals surface area contributed by atoms with Gasteiger partial charge in [0.25, 0.3) is 0 Å². The molecule has 6 heteroatoms. The molecule has 30 heavy (non-hydrogen) atoms. The van der Waals surface area contributed by atoms with E-state index in [1.807, 2.05) is 0 Å². The minimum Gasteiger partial charge on any atom is -0.357 e. The molecule has 1 unspecified atom stereocenters. The Labute approximate surface area is 183 Å². The summed E-state index contributed by atoms with van der Waals surface area (Å²) >= 11 is 0. The molecule has 0 amide bonds. The molecule has 1 aromatic carbocycles. The van der Waals surface area contributed by atoms with Crippen LogP contribution < -0.4 is 10.6 Å². The van der Waals surface area contributed by atoms with Gasteiger partial charge in [-0.3, -0.25) is 9.89 Å². The zero-order valence-electron chi connectivity index (χ0n) is 19.3. The minimum atomic E-state index is 0.516. The van der Waals surface area contributed by atoms with Crippen molar-refractivity contribution in [1.29, 1.82) is 0 Å². The first kappa shape index (κ1) is 23.0. The summed E-state index contributed by atoms with van der Waals surface area (Å²) in [5.41, 5.74) is 1.41. The SMILES string of the molecule is CCNC(=NCC(C)CN1CCN(C)CC1)NC1CCN(Cc2ccccc2)CC1. The topological polar surface area (TPSA) is 46.1 Å². The zero-order valence-corrected chi connectivity index (χ0v) is 19.3. The van der Waals surface area contributed by atoms with E-state index in [4.69, 9.17) is 4.99 Å². The van der Waals surface area contributed by atoms with Gasteiger partial charge in [0.15, 0.2) is 5.96 Å². The Bertz CT molecular complexity index is 618. The predicted octanol–water partition coefficient (Wildman–Crippen LogP) is 2.09. The number of benzene rings is 1. The lowest BCUT2D eigenvalue weighted by molar-refractivity contribution is 0.140. The molecule has 6 nitrogen and oxygen atoms in total. The van der Waals surface area contributed by atoms with Crippen molar-refractivity contribution in [2.75, 3.05) is 66.0 Å². The molecule has 2 saturated heterocycles. The molecule has 0 bridgehead atoms. The third kappa shape index (κ3) is 7.89. The normalized spacial score (nSPS) is 21.5. The number of nitrogens with zero attached hydrogens (tertiary/aromatic N) is 4. The van der Waals surface area contributed by atoms with Crippen molar-refractivity contribution >= 4 is 5.96 Å². The van der Waals surface area contributed by atoms with Crippen LogP contribution in [0, 0.1) is 5.92 Å². The van der Waals surface area contributed by atoms with Gasteiger partial charge in [0.1, 0.15) is 0 Å². The van der Waals surface area contributed by atoms with E-state index < -0.39 is 0 Å². The molecule has 0 radical (unpaired) electrons. The molecule has 1 atom stereocenters. The van der Waals surface area contributed by atoms with Crippen LogP contribution in [0.15, 0.2) is 35.3 Å². The molecule has 0 aliphatic carbocycles. The number of nitrogens with one attached hydrogen (secondary N) is 2. The van der Waals surface area contributed by atoms with Crippen molar-refractivity contribution in [2.24, 2.45) is 10.9 Å². The fourth-order valence-corrected chi connectivity index (χ4v) is 4.37. The van der Waals surface area contributed by atoms with Gasteiger partial charge in [0, 0.05) is 71.5 Å². The third-order valence-electron chi connectivity index (χ3n) is 6.25. The average Bonchev–Trinajstić information content (AvgIpc) is 2.76. The predicted molar refractivity (Wildman–Crippen MR) is 127 cm³/mol. The molecule has 2 aliphatic heterocycles. The lowest BCUT2D eigenvalue weighted by Gasteiger charge is -2.34. The van der Waals surface area contributed by atoms with Gasteiger partial charge < -0.3 is 20.4 Å². The summed E-state index contributed by atoms with van der Waals surface area (Å²) in [6, 6.07) is 11.3. The standard InChI is InChI=1S/C24H42N6/c1-4-25-24(26-18-21(2)19-30-16-14-28(3)15-17-30)27-23-10-12-29(13-11-23)20-22-8-6-5-7-9-22/h5-9,21,23H,4,10-20H2,1-3H3,(H2,25,26,27). The molecule has 1 aromatic rings. The summed E-state index contributed by atoms with van der Waals surface area (Å²) in [7, 11) is 2.21. The summed E-state index contributed by atoms with van der Waals surface area (Å²) in [6.07, 6.45) is 2.35. The van der Waals surface area contributed by atoms with Crippen LogP contribution in [0.4, 0.5) is 0 Å². The first-order chi connectivity index (χ1) is 14.6. The second-order valence-corrected chi connectivity index (χ2v) is 9.11. The number of likely N-dealkylation sites (tertiary alicyclic amines) is 1.